The standard InChI is InChI=1S/C12H13ClN2O4S/c1-2-15(7-3-6-14)20(18,19)9-4-5-10(12(16)17)11(13)8-9/h4-5,8H,2-3,7H2,1H3,(H,16,17). The molecule has 0 bridgehead atoms. The van der Waals surface area contributed by atoms with Crippen LogP contribution in [0.3, 0.4) is 0 Å². The summed E-state index contributed by atoms with van der Waals surface area (Å²) in [5.74, 6) is -1.23. The lowest BCUT2D eigenvalue weighted by Crippen LogP contribution is -2.31. The van der Waals surface area contributed by atoms with Crippen LogP contribution in [0.25, 0.3) is 0 Å². The highest BCUT2D eigenvalue weighted by molar-refractivity contribution is 7.89. The van der Waals surface area contributed by atoms with E-state index in [4.69, 9.17) is 22.0 Å². The second-order valence-electron chi connectivity index (χ2n) is 3.85. The van der Waals surface area contributed by atoms with Crippen molar-refractivity contribution < 1.29 is 18.3 Å². The quantitative estimate of drug-likeness (QED) is 0.865. The molecule has 0 heterocycles. The van der Waals surface area contributed by atoms with E-state index < -0.39 is 16.0 Å². The predicted molar refractivity (Wildman–Crippen MR) is 73.1 cm³/mol. The van der Waals surface area contributed by atoms with Crippen molar-refractivity contribution in [3.05, 3.63) is 28.8 Å². The first-order chi connectivity index (χ1) is 9.34. The number of halogens is 1. The van der Waals surface area contributed by atoms with Crippen molar-refractivity contribution >= 4 is 27.6 Å². The minimum Gasteiger partial charge on any atom is -0.478 e. The fraction of sp³-hybridized carbons (Fsp3) is 0.333. The Morgan fingerprint density at radius 2 is 2.15 bits per heavy atom. The fourth-order valence-corrected chi connectivity index (χ4v) is 3.40. The average Bonchev–Trinajstić information content (AvgIpc) is 2.38. The van der Waals surface area contributed by atoms with Crippen molar-refractivity contribution in [2.75, 3.05) is 13.1 Å². The molecule has 1 aromatic carbocycles. The van der Waals surface area contributed by atoms with Gasteiger partial charge in [-0.2, -0.15) is 9.57 Å². The Hall–Kier alpha value is -1.62. The van der Waals surface area contributed by atoms with E-state index in [0.717, 1.165) is 16.4 Å². The minimum absolute atomic E-state index is 0.0770. The molecular formula is C12H13ClN2O4S. The van der Waals surface area contributed by atoms with Gasteiger partial charge in [-0.1, -0.05) is 18.5 Å². The second-order valence-corrected chi connectivity index (χ2v) is 6.20. The third-order valence-electron chi connectivity index (χ3n) is 2.63. The molecular weight excluding hydrogens is 304 g/mol. The maximum absolute atomic E-state index is 12.3. The van der Waals surface area contributed by atoms with Crippen LogP contribution < -0.4 is 0 Å². The molecule has 0 saturated carbocycles. The Morgan fingerprint density at radius 3 is 2.60 bits per heavy atom. The van der Waals surface area contributed by atoms with Crippen molar-refractivity contribution in [1.82, 2.24) is 4.31 Å². The summed E-state index contributed by atoms with van der Waals surface area (Å²) in [4.78, 5) is 10.7. The molecule has 0 unspecified atom stereocenters. The molecule has 0 aliphatic carbocycles. The first-order valence-corrected chi connectivity index (χ1v) is 7.56. The number of carboxylic acid groups (broad SMARTS) is 1. The van der Waals surface area contributed by atoms with Crippen LogP contribution in [0.1, 0.15) is 23.7 Å². The van der Waals surface area contributed by atoms with E-state index in [2.05, 4.69) is 0 Å². The zero-order valence-corrected chi connectivity index (χ0v) is 12.3. The van der Waals surface area contributed by atoms with Crippen LogP contribution in [-0.2, 0) is 10.0 Å². The van der Waals surface area contributed by atoms with Crippen LogP contribution in [0.4, 0.5) is 0 Å². The van der Waals surface area contributed by atoms with Gasteiger partial charge in [-0.15, -0.1) is 0 Å². The van der Waals surface area contributed by atoms with E-state index >= 15 is 0 Å². The molecule has 6 nitrogen and oxygen atoms in total. The summed E-state index contributed by atoms with van der Waals surface area (Å²) in [6.45, 7) is 1.94. The lowest BCUT2D eigenvalue weighted by Gasteiger charge is -2.19. The summed E-state index contributed by atoms with van der Waals surface area (Å²) in [5, 5.41) is 17.2. The van der Waals surface area contributed by atoms with E-state index in [0.29, 0.717) is 0 Å². The lowest BCUT2D eigenvalue weighted by molar-refractivity contribution is 0.0697. The van der Waals surface area contributed by atoms with Gasteiger partial charge >= 0.3 is 5.97 Å². The number of carboxylic acids is 1. The molecule has 1 aromatic rings. The summed E-state index contributed by atoms with van der Waals surface area (Å²) in [5.41, 5.74) is -0.161. The molecule has 0 saturated heterocycles. The smallest absolute Gasteiger partial charge is 0.337 e. The molecule has 0 aliphatic heterocycles. The number of carbonyl (C=O) groups is 1. The monoisotopic (exact) mass is 316 g/mol. The molecule has 0 aromatic heterocycles. The zero-order chi connectivity index (χ0) is 15.3. The maximum Gasteiger partial charge on any atom is 0.337 e. The Labute approximate surface area is 122 Å². The molecule has 0 amide bonds. The summed E-state index contributed by atoms with van der Waals surface area (Å²) < 4.78 is 25.8. The first kappa shape index (κ1) is 16.4. The van der Waals surface area contributed by atoms with Gasteiger partial charge in [0.1, 0.15) is 0 Å². The second kappa shape index (κ2) is 6.70. The van der Waals surface area contributed by atoms with Crippen LogP contribution in [0.5, 0.6) is 0 Å². The molecule has 1 rings (SSSR count). The number of rotatable bonds is 6. The van der Waals surface area contributed by atoms with E-state index in [1.165, 1.54) is 6.07 Å². The summed E-state index contributed by atoms with van der Waals surface area (Å²) in [7, 11) is -3.78. The zero-order valence-electron chi connectivity index (χ0n) is 10.7. The summed E-state index contributed by atoms with van der Waals surface area (Å²) in [6.07, 6.45) is 0.0774. The number of nitriles is 1. The molecule has 8 heteroatoms. The average molecular weight is 317 g/mol. The molecule has 0 spiro atoms. The highest BCUT2D eigenvalue weighted by Crippen LogP contribution is 2.23. The third-order valence-corrected chi connectivity index (χ3v) is 4.92. The fourth-order valence-electron chi connectivity index (χ4n) is 1.60. The predicted octanol–water partition coefficient (Wildman–Crippen LogP) is 1.96. The molecule has 1 N–H and O–H groups in total. The van der Waals surface area contributed by atoms with Gasteiger partial charge in [0.2, 0.25) is 10.0 Å². The van der Waals surface area contributed by atoms with Crippen LogP contribution in [0.15, 0.2) is 23.1 Å². The van der Waals surface area contributed by atoms with Gasteiger partial charge < -0.3 is 5.11 Å². The van der Waals surface area contributed by atoms with Crippen molar-refractivity contribution in [3.8, 4) is 6.07 Å². The Morgan fingerprint density at radius 1 is 1.50 bits per heavy atom. The Kier molecular flexibility index (Phi) is 5.51. The Bertz CT molecular complexity index is 652. The molecule has 0 atom stereocenters. The number of sulfonamides is 1. The number of hydrogen-bond acceptors (Lipinski definition) is 4. The molecule has 20 heavy (non-hydrogen) atoms. The SMILES string of the molecule is CCN(CCC#N)S(=O)(=O)c1ccc(C(=O)O)c(Cl)c1. The van der Waals surface area contributed by atoms with E-state index in [-0.39, 0.29) is 35.0 Å². The highest BCUT2D eigenvalue weighted by Gasteiger charge is 2.24. The van der Waals surface area contributed by atoms with Crippen molar-refractivity contribution in [1.29, 1.82) is 5.26 Å². The van der Waals surface area contributed by atoms with Crippen LogP contribution in [0, 0.1) is 11.3 Å². The third kappa shape index (κ3) is 3.48. The molecule has 0 radical (unpaired) electrons. The maximum atomic E-state index is 12.3. The van der Waals surface area contributed by atoms with E-state index in [9.17, 15) is 13.2 Å². The molecule has 108 valence electrons. The van der Waals surface area contributed by atoms with Gasteiger partial charge in [-0.05, 0) is 18.2 Å². The van der Waals surface area contributed by atoms with Gasteiger partial charge in [-0.25, -0.2) is 13.2 Å². The normalized spacial score (nSPS) is 11.3. The molecule has 0 fully saturated rings. The van der Waals surface area contributed by atoms with Gasteiger partial charge in [0.25, 0.3) is 0 Å². The van der Waals surface area contributed by atoms with Crippen molar-refractivity contribution in [3.63, 3.8) is 0 Å². The van der Waals surface area contributed by atoms with Crippen molar-refractivity contribution in [2.45, 2.75) is 18.2 Å². The highest BCUT2D eigenvalue weighted by atomic mass is 35.5. The van der Waals surface area contributed by atoms with Gasteiger partial charge in [0.05, 0.1) is 21.6 Å². The topological polar surface area (TPSA) is 98.5 Å². The largest absolute Gasteiger partial charge is 0.478 e. The number of benzene rings is 1. The van der Waals surface area contributed by atoms with E-state index in [1.807, 2.05) is 6.07 Å². The van der Waals surface area contributed by atoms with Gasteiger partial charge in [0.15, 0.2) is 0 Å². The van der Waals surface area contributed by atoms with Crippen LogP contribution in [0.2, 0.25) is 5.02 Å². The number of aromatic carboxylic acids is 1. The minimum atomic E-state index is -3.78. The first-order valence-electron chi connectivity index (χ1n) is 5.74. The van der Waals surface area contributed by atoms with Gasteiger partial charge in [-0.3, -0.25) is 0 Å². The number of hydrogen-bond donors (Lipinski definition) is 1. The van der Waals surface area contributed by atoms with E-state index in [1.54, 1.807) is 6.92 Å². The van der Waals surface area contributed by atoms with Crippen LogP contribution >= 0.6 is 11.6 Å². The Balaban J connectivity index is 3.19. The van der Waals surface area contributed by atoms with Crippen molar-refractivity contribution in [2.24, 2.45) is 0 Å². The van der Waals surface area contributed by atoms with Crippen LogP contribution in [-0.4, -0.2) is 36.9 Å². The number of nitrogens with zero attached hydrogens (tertiary/aromatic N) is 2. The summed E-state index contributed by atoms with van der Waals surface area (Å²) in [6, 6.07) is 5.33. The molecule has 0 aliphatic rings. The van der Waals surface area contributed by atoms with Gasteiger partial charge in [0, 0.05) is 19.5 Å². The lowest BCUT2D eigenvalue weighted by atomic mass is 10.2. The summed E-state index contributed by atoms with van der Waals surface area (Å²) >= 11 is 5.77.